The second-order valence-corrected chi connectivity index (χ2v) is 5.18. The average Bonchev–Trinajstić information content (AvgIpc) is 2.71. The molecule has 3 nitrogen and oxygen atoms in total. The topological polar surface area (TPSA) is 32.3 Å². The van der Waals surface area contributed by atoms with Gasteiger partial charge in [0.25, 0.3) is 5.91 Å². The van der Waals surface area contributed by atoms with Crippen LogP contribution < -0.4 is 5.32 Å². The summed E-state index contributed by atoms with van der Waals surface area (Å²) in [4.78, 5) is 13.8. The van der Waals surface area contributed by atoms with Crippen molar-refractivity contribution in [2.24, 2.45) is 0 Å². The zero-order valence-corrected chi connectivity index (χ0v) is 13.5. The fraction of sp³-hybridized carbons (Fsp3) is 0.500. The van der Waals surface area contributed by atoms with E-state index in [2.05, 4.69) is 5.32 Å². The van der Waals surface area contributed by atoms with Crippen molar-refractivity contribution in [2.45, 2.75) is 25.6 Å². The summed E-state index contributed by atoms with van der Waals surface area (Å²) in [5, 5.41) is 3.14. The summed E-state index contributed by atoms with van der Waals surface area (Å²) < 4.78 is 39.7. The number of benzene rings is 1. The van der Waals surface area contributed by atoms with Gasteiger partial charge in [0.05, 0.1) is 17.2 Å². The lowest BCUT2D eigenvalue weighted by molar-refractivity contribution is -0.138. The van der Waals surface area contributed by atoms with E-state index < -0.39 is 17.6 Å². The molecule has 1 aromatic carbocycles. The first-order chi connectivity index (χ1) is 9.43. The Kier molecular flexibility index (Phi) is 5.76. The lowest BCUT2D eigenvalue weighted by Crippen LogP contribution is -2.44. The highest BCUT2D eigenvalue weighted by Gasteiger charge is 2.45. The summed E-state index contributed by atoms with van der Waals surface area (Å²) in [6.07, 6.45) is -3.97. The molecule has 0 saturated carbocycles. The molecule has 124 valence electrons. The van der Waals surface area contributed by atoms with Gasteiger partial charge < -0.3 is 10.2 Å². The minimum Gasteiger partial charge on any atom is -0.329 e. The SMILES string of the molecule is CCc1cc2c(c(C(F)(F)F)c1)C(=O)N1CCNC[C@@H]21.Cl.Cl. The molecule has 22 heavy (non-hydrogen) atoms. The highest BCUT2D eigenvalue weighted by atomic mass is 35.5. The van der Waals surface area contributed by atoms with Crippen LogP contribution in [0, 0.1) is 0 Å². The average molecular weight is 357 g/mol. The fourth-order valence-electron chi connectivity index (χ4n) is 3.02. The van der Waals surface area contributed by atoms with Gasteiger partial charge in [-0.05, 0) is 23.6 Å². The number of halogens is 5. The number of fused-ring (bicyclic) bond motifs is 3. The molecule has 1 N–H and O–H groups in total. The summed E-state index contributed by atoms with van der Waals surface area (Å²) >= 11 is 0. The van der Waals surface area contributed by atoms with Crippen LogP contribution >= 0.6 is 24.8 Å². The number of hydrogen-bond donors (Lipinski definition) is 1. The van der Waals surface area contributed by atoms with E-state index in [0.29, 0.717) is 37.2 Å². The molecule has 2 aliphatic rings. The number of carbonyl (C=O) groups excluding carboxylic acids is 1. The normalized spacial score (nSPS) is 19.9. The summed E-state index contributed by atoms with van der Waals surface area (Å²) in [6.45, 7) is 3.41. The second-order valence-electron chi connectivity index (χ2n) is 5.18. The maximum absolute atomic E-state index is 13.2. The molecule has 0 aromatic heterocycles. The highest BCUT2D eigenvalue weighted by Crippen LogP contribution is 2.42. The van der Waals surface area contributed by atoms with Crippen LogP contribution in [0.15, 0.2) is 12.1 Å². The van der Waals surface area contributed by atoms with E-state index in [4.69, 9.17) is 0 Å². The lowest BCUT2D eigenvalue weighted by Gasteiger charge is -2.30. The van der Waals surface area contributed by atoms with Gasteiger partial charge in [0.1, 0.15) is 0 Å². The van der Waals surface area contributed by atoms with Crippen molar-refractivity contribution in [3.05, 3.63) is 34.4 Å². The summed E-state index contributed by atoms with van der Waals surface area (Å²) in [7, 11) is 0. The van der Waals surface area contributed by atoms with E-state index in [1.54, 1.807) is 11.0 Å². The third-order valence-electron chi connectivity index (χ3n) is 4.02. The monoisotopic (exact) mass is 356 g/mol. The smallest absolute Gasteiger partial charge is 0.329 e. The Morgan fingerprint density at radius 2 is 2.00 bits per heavy atom. The molecule has 8 heteroatoms. The van der Waals surface area contributed by atoms with Gasteiger partial charge in [0.15, 0.2) is 0 Å². The number of aryl methyl sites for hydroxylation is 1. The van der Waals surface area contributed by atoms with E-state index in [1.165, 1.54) is 0 Å². The maximum atomic E-state index is 13.2. The Labute approximate surface area is 139 Å². The van der Waals surface area contributed by atoms with Crippen molar-refractivity contribution in [3.8, 4) is 0 Å². The minimum absolute atomic E-state index is 0. The van der Waals surface area contributed by atoms with Crippen molar-refractivity contribution >= 4 is 30.7 Å². The molecular weight excluding hydrogens is 340 g/mol. The quantitative estimate of drug-likeness (QED) is 0.837. The molecule has 3 rings (SSSR count). The summed E-state index contributed by atoms with van der Waals surface area (Å²) in [6, 6.07) is 2.60. The minimum atomic E-state index is -4.49. The van der Waals surface area contributed by atoms with Crippen molar-refractivity contribution in [3.63, 3.8) is 0 Å². The largest absolute Gasteiger partial charge is 0.417 e. The molecule has 1 aromatic rings. The number of hydrogen-bond acceptors (Lipinski definition) is 2. The van der Waals surface area contributed by atoms with Gasteiger partial charge in [0, 0.05) is 19.6 Å². The summed E-state index contributed by atoms with van der Waals surface area (Å²) in [5.74, 6) is -0.485. The number of carbonyl (C=O) groups is 1. The molecule has 0 unspecified atom stereocenters. The molecular formula is C14H17Cl2F3N2O. The van der Waals surface area contributed by atoms with Crippen LogP contribution in [0.2, 0.25) is 0 Å². The predicted molar refractivity (Wildman–Crippen MR) is 82.0 cm³/mol. The molecule has 1 atom stereocenters. The van der Waals surface area contributed by atoms with E-state index in [9.17, 15) is 18.0 Å². The van der Waals surface area contributed by atoms with Gasteiger partial charge in [-0.3, -0.25) is 4.79 Å². The van der Waals surface area contributed by atoms with Crippen LogP contribution in [-0.4, -0.2) is 30.4 Å². The molecule has 1 saturated heterocycles. The Hall–Kier alpha value is -0.980. The van der Waals surface area contributed by atoms with Gasteiger partial charge in [-0.25, -0.2) is 0 Å². The molecule has 0 bridgehead atoms. The van der Waals surface area contributed by atoms with Crippen LogP contribution in [0.5, 0.6) is 0 Å². The first kappa shape index (κ1) is 19.1. The Morgan fingerprint density at radius 3 is 2.59 bits per heavy atom. The lowest BCUT2D eigenvalue weighted by atomic mass is 9.94. The van der Waals surface area contributed by atoms with E-state index in [0.717, 1.165) is 6.07 Å². The maximum Gasteiger partial charge on any atom is 0.417 e. The number of rotatable bonds is 1. The predicted octanol–water partition coefficient (Wildman–Crippen LogP) is 3.21. The fourth-order valence-corrected chi connectivity index (χ4v) is 3.02. The Morgan fingerprint density at radius 1 is 1.32 bits per heavy atom. The Bertz CT molecular complexity index is 578. The van der Waals surface area contributed by atoms with Gasteiger partial charge in [-0.1, -0.05) is 13.0 Å². The number of amides is 1. The molecule has 1 amide bonds. The zero-order chi connectivity index (χ0) is 14.5. The molecule has 0 aliphatic carbocycles. The standard InChI is InChI=1S/C14H15F3N2O.2ClH/c1-2-8-5-9-11-7-18-3-4-19(11)13(20)12(9)10(6-8)14(15,16)17;;/h5-6,11,18H,2-4,7H2,1H3;2*1H/t11-;;/m0../s1. The van der Waals surface area contributed by atoms with Crippen molar-refractivity contribution < 1.29 is 18.0 Å². The molecule has 2 aliphatic heterocycles. The van der Waals surface area contributed by atoms with Gasteiger partial charge in [0.2, 0.25) is 0 Å². The number of nitrogens with one attached hydrogen (secondary N) is 1. The number of piperazine rings is 1. The van der Waals surface area contributed by atoms with Gasteiger partial charge in [-0.15, -0.1) is 24.8 Å². The highest BCUT2D eigenvalue weighted by molar-refractivity contribution is 6.01. The molecule has 1 fully saturated rings. The van der Waals surface area contributed by atoms with E-state index in [-0.39, 0.29) is 36.4 Å². The Balaban J connectivity index is 0.00000121. The van der Waals surface area contributed by atoms with E-state index in [1.807, 2.05) is 6.92 Å². The van der Waals surface area contributed by atoms with Crippen molar-refractivity contribution in [2.75, 3.05) is 19.6 Å². The molecule has 0 spiro atoms. The van der Waals surface area contributed by atoms with E-state index >= 15 is 0 Å². The van der Waals surface area contributed by atoms with Crippen LogP contribution in [0.3, 0.4) is 0 Å². The summed E-state index contributed by atoms with van der Waals surface area (Å²) in [5.41, 5.74) is 0.208. The van der Waals surface area contributed by atoms with Crippen molar-refractivity contribution in [1.29, 1.82) is 0 Å². The number of alkyl halides is 3. The van der Waals surface area contributed by atoms with Crippen LogP contribution in [0.25, 0.3) is 0 Å². The first-order valence-electron chi connectivity index (χ1n) is 6.69. The first-order valence-corrected chi connectivity index (χ1v) is 6.69. The van der Waals surface area contributed by atoms with Crippen LogP contribution in [-0.2, 0) is 12.6 Å². The van der Waals surface area contributed by atoms with Gasteiger partial charge >= 0.3 is 6.18 Å². The molecule has 2 heterocycles. The van der Waals surface area contributed by atoms with Crippen molar-refractivity contribution in [1.82, 2.24) is 10.2 Å². The van der Waals surface area contributed by atoms with Crippen LogP contribution in [0.1, 0.15) is 40.0 Å². The third kappa shape index (κ3) is 2.92. The molecule has 0 radical (unpaired) electrons. The third-order valence-corrected chi connectivity index (χ3v) is 4.02. The van der Waals surface area contributed by atoms with Crippen LogP contribution in [0.4, 0.5) is 13.2 Å². The number of nitrogens with zero attached hydrogens (tertiary/aromatic N) is 1. The second kappa shape index (κ2) is 6.64. The van der Waals surface area contributed by atoms with Gasteiger partial charge in [-0.2, -0.15) is 13.2 Å². The zero-order valence-electron chi connectivity index (χ0n) is 11.9.